The molecule has 0 aliphatic rings. The van der Waals surface area contributed by atoms with Crippen molar-refractivity contribution in [3.05, 3.63) is 106 Å². The van der Waals surface area contributed by atoms with Gasteiger partial charge in [0, 0.05) is 35.8 Å². The van der Waals surface area contributed by atoms with Crippen LogP contribution in [0, 0.1) is 24.7 Å². The van der Waals surface area contributed by atoms with Gasteiger partial charge in [-0.1, -0.05) is 59.8 Å². The third-order valence-electron chi connectivity index (χ3n) is 4.37. The first-order valence-electron chi connectivity index (χ1n) is 8.74. The molecule has 0 amide bonds. The van der Waals surface area contributed by atoms with Crippen LogP contribution in [0.25, 0.3) is 0 Å². The van der Waals surface area contributed by atoms with Gasteiger partial charge in [0.25, 0.3) is 0 Å². The standard InChI is InChI=1S/C25H20ClN/c1-3-20-5-9-22(10-6-20)17-27(19-24-13-15-25(26)16-14-24)18-23-11-7-21(4-2)8-12-23/h1-2,5-16H,17-19H2. The van der Waals surface area contributed by atoms with Crippen LogP contribution in [0.3, 0.4) is 0 Å². The molecule has 3 rings (SSSR count). The first-order chi connectivity index (χ1) is 13.2. The number of hydrogen-bond donors (Lipinski definition) is 0. The zero-order chi connectivity index (χ0) is 19.1. The largest absolute Gasteiger partial charge is 0.291 e. The Balaban J connectivity index is 1.79. The number of benzene rings is 3. The van der Waals surface area contributed by atoms with Crippen LogP contribution < -0.4 is 0 Å². The van der Waals surface area contributed by atoms with Gasteiger partial charge in [-0.05, 0) is 53.1 Å². The predicted octanol–water partition coefficient (Wildman–Crippen LogP) is 5.51. The van der Waals surface area contributed by atoms with Crippen molar-refractivity contribution in [2.45, 2.75) is 19.6 Å². The highest BCUT2D eigenvalue weighted by Gasteiger charge is 2.09. The molecule has 0 unspecified atom stereocenters. The van der Waals surface area contributed by atoms with Crippen LogP contribution in [0.4, 0.5) is 0 Å². The summed E-state index contributed by atoms with van der Waals surface area (Å²) in [7, 11) is 0. The second kappa shape index (κ2) is 9.11. The lowest BCUT2D eigenvalue weighted by Crippen LogP contribution is -2.22. The third kappa shape index (κ3) is 5.50. The molecule has 0 aliphatic heterocycles. The molecule has 0 saturated heterocycles. The highest BCUT2D eigenvalue weighted by Crippen LogP contribution is 2.17. The summed E-state index contributed by atoms with van der Waals surface area (Å²) in [5, 5.41) is 0.750. The molecule has 0 radical (unpaired) electrons. The van der Waals surface area contributed by atoms with E-state index in [1.807, 2.05) is 36.4 Å². The SMILES string of the molecule is C#Cc1ccc(CN(Cc2ccc(Cl)cc2)Cc2ccc(C#C)cc2)cc1. The average molecular weight is 370 g/mol. The number of rotatable bonds is 6. The normalized spacial score (nSPS) is 10.4. The van der Waals surface area contributed by atoms with Crippen molar-refractivity contribution >= 4 is 11.6 Å². The lowest BCUT2D eigenvalue weighted by molar-refractivity contribution is 0.247. The Hall–Kier alpha value is -2.97. The zero-order valence-corrected chi connectivity index (χ0v) is 15.8. The van der Waals surface area contributed by atoms with Gasteiger partial charge in [-0.25, -0.2) is 0 Å². The van der Waals surface area contributed by atoms with Crippen molar-refractivity contribution in [3.63, 3.8) is 0 Å². The molecule has 0 saturated carbocycles. The molecular weight excluding hydrogens is 350 g/mol. The van der Waals surface area contributed by atoms with Crippen molar-refractivity contribution in [1.29, 1.82) is 0 Å². The molecule has 0 bridgehead atoms. The van der Waals surface area contributed by atoms with E-state index in [1.54, 1.807) is 0 Å². The smallest absolute Gasteiger partial charge is 0.0406 e. The number of halogens is 1. The van der Waals surface area contributed by atoms with Gasteiger partial charge in [0.15, 0.2) is 0 Å². The minimum atomic E-state index is 0.750. The van der Waals surface area contributed by atoms with Crippen LogP contribution in [0.1, 0.15) is 27.8 Å². The maximum atomic E-state index is 6.02. The minimum Gasteiger partial charge on any atom is -0.291 e. The molecule has 0 aromatic heterocycles. The van der Waals surface area contributed by atoms with E-state index in [-0.39, 0.29) is 0 Å². The summed E-state index contributed by atoms with van der Waals surface area (Å²) >= 11 is 6.02. The summed E-state index contributed by atoms with van der Waals surface area (Å²) in [4.78, 5) is 2.39. The fourth-order valence-corrected chi connectivity index (χ4v) is 3.07. The average Bonchev–Trinajstić information content (AvgIpc) is 2.71. The van der Waals surface area contributed by atoms with Gasteiger partial charge in [-0.2, -0.15) is 0 Å². The lowest BCUT2D eigenvalue weighted by Gasteiger charge is -2.23. The Kier molecular flexibility index (Phi) is 6.35. The van der Waals surface area contributed by atoms with E-state index >= 15 is 0 Å². The molecule has 1 nitrogen and oxygen atoms in total. The van der Waals surface area contributed by atoms with Crippen molar-refractivity contribution < 1.29 is 0 Å². The Bertz CT molecular complexity index is 896. The van der Waals surface area contributed by atoms with E-state index in [1.165, 1.54) is 16.7 Å². The summed E-state index contributed by atoms with van der Waals surface area (Å²) in [6.45, 7) is 2.47. The molecule has 0 atom stereocenters. The van der Waals surface area contributed by atoms with Gasteiger partial charge in [-0.3, -0.25) is 4.90 Å². The van der Waals surface area contributed by atoms with E-state index < -0.39 is 0 Å². The fourth-order valence-electron chi connectivity index (χ4n) is 2.94. The van der Waals surface area contributed by atoms with Gasteiger partial charge >= 0.3 is 0 Å². The summed E-state index contributed by atoms with van der Waals surface area (Å²) < 4.78 is 0. The van der Waals surface area contributed by atoms with Gasteiger partial charge in [0.2, 0.25) is 0 Å². The Morgan fingerprint density at radius 1 is 0.593 bits per heavy atom. The lowest BCUT2D eigenvalue weighted by atomic mass is 10.1. The Labute approximate surface area is 166 Å². The van der Waals surface area contributed by atoms with E-state index in [0.29, 0.717) is 0 Å². The Morgan fingerprint density at radius 3 is 1.26 bits per heavy atom. The maximum absolute atomic E-state index is 6.02. The molecule has 0 spiro atoms. The highest BCUT2D eigenvalue weighted by molar-refractivity contribution is 6.30. The van der Waals surface area contributed by atoms with E-state index in [2.05, 4.69) is 53.1 Å². The van der Waals surface area contributed by atoms with E-state index in [0.717, 1.165) is 35.8 Å². The predicted molar refractivity (Wildman–Crippen MR) is 113 cm³/mol. The van der Waals surface area contributed by atoms with Crippen LogP contribution in [-0.4, -0.2) is 4.90 Å². The maximum Gasteiger partial charge on any atom is 0.0406 e. The van der Waals surface area contributed by atoms with Gasteiger partial charge in [0.05, 0.1) is 0 Å². The van der Waals surface area contributed by atoms with Gasteiger partial charge < -0.3 is 0 Å². The van der Waals surface area contributed by atoms with E-state index in [4.69, 9.17) is 24.4 Å². The number of nitrogens with zero attached hydrogens (tertiary/aromatic N) is 1. The second-order valence-corrected chi connectivity index (χ2v) is 6.89. The van der Waals surface area contributed by atoms with Crippen molar-refractivity contribution in [2.75, 3.05) is 0 Å². The monoisotopic (exact) mass is 369 g/mol. The van der Waals surface area contributed by atoms with Crippen LogP contribution in [0.5, 0.6) is 0 Å². The van der Waals surface area contributed by atoms with Crippen LogP contribution in [0.15, 0.2) is 72.8 Å². The molecule has 0 fully saturated rings. The van der Waals surface area contributed by atoms with Gasteiger partial charge in [0.1, 0.15) is 0 Å². The van der Waals surface area contributed by atoms with Crippen molar-refractivity contribution in [3.8, 4) is 24.7 Å². The van der Waals surface area contributed by atoms with Crippen molar-refractivity contribution in [2.24, 2.45) is 0 Å². The van der Waals surface area contributed by atoms with Crippen LogP contribution in [-0.2, 0) is 19.6 Å². The first-order valence-corrected chi connectivity index (χ1v) is 9.12. The van der Waals surface area contributed by atoms with E-state index in [9.17, 15) is 0 Å². The molecule has 3 aromatic carbocycles. The van der Waals surface area contributed by atoms with Crippen LogP contribution >= 0.6 is 11.6 Å². The number of terminal acetylenes is 2. The molecule has 2 heteroatoms. The molecule has 0 heterocycles. The zero-order valence-electron chi connectivity index (χ0n) is 15.0. The van der Waals surface area contributed by atoms with Gasteiger partial charge in [-0.15, -0.1) is 12.8 Å². The molecule has 3 aromatic rings. The third-order valence-corrected chi connectivity index (χ3v) is 4.62. The molecule has 132 valence electrons. The summed E-state index contributed by atoms with van der Waals surface area (Å²) in [5.74, 6) is 5.32. The Morgan fingerprint density at radius 2 is 0.926 bits per heavy atom. The molecule has 27 heavy (non-hydrogen) atoms. The summed E-state index contributed by atoms with van der Waals surface area (Å²) in [6, 6.07) is 24.3. The number of hydrogen-bond acceptors (Lipinski definition) is 1. The topological polar surface area (TPSA) is 3.24 Å². The highest BCUT2D eigenvalue weighted by atomic mass is 35.5. The summed E-state index contributed by atoms with van der Waals surface area (Å²) in [6.07, 6.45) is 10.9. The molecule has 0 N–H and O–H groups in total. The van der Waals surface area contributed by atoms with Crippen LogP contribution in [0.2, 0.25) is 5.02 Å². The minimum absolute atomic E-state index is 0.750. The summed E-state index contributed by atoms with van der Waals surface area (Å²) in [5.41, 5.74) is 5.46. The quantitative estimate of drug-likeness (QED) is 0.518. The second-order valence-electron chi connectivity index (χ2n) is 6.45. The van der Waals surface area contributed by atoms with Crippen molar-refractivity contribution in [1.82, 2.24) is 4.90 Å². The fraction of sp³-hybridized carbons (Fsp3) is 0.120. The first kappa shape index (κ1) is 18.8. The molecule has 0 aliphatic carbocycles. The molecular formula is C25H20ClN.